The van der Waals surface area contributed by atoms with Gasteiger partial charge in [-0.3, -0.25) is 0 Å². The van der Waals surface area contributed by atoms with E-state index in [0.717, 1.165) is 25.3 Å². The first-order chi connectivity index (χ1) is 7.43. The molecule has 2 nitrogen and oxygen atoms in total. The Morgan fingerprint density at radius 2 is 2.27 bits per heavy atom. The number of ether oxygens (including phenoxy) is 1. The van der Waals surface area contributed by atoms with Crippen LogP contribution in [0.4, 0.5) is 0 Å². The topological polar surface area (TPSA) is 21.3 Å². The maximum Gasteiger partial charge on any atom is 0.138 e. The van der Waals surface area contributed by atoms with Crippen LogP contribution in [0.15, 0.2) is 29.6 Å². The van der Waals surface area contributed by atoms with E-state index in [2.05, 4.69) is 35.0 Å². The lowest BCUT2D eigenvalue weighted by Gasteiger charge is -2.10. The summed E-state index contributed by atoms with van der Waals surface area (Å²) >= 11 is 1.75. The summed E-state index contributed by atoms with van der Waals surface area (Å²) in [7, 11) is 0. The van der Waals surface area contributed by atoms with Gasteiger partial charge in [0.05, 0.1) is 0 Å². The smallest absolute Gasteiger partial charge is 0.138 e. The van der Waals surface area contributed by atoms with Crippen LogP contribution in [0.25, 0.3) is 10.1 Å². The minimum atomic E-state index is 0.350. The van der Waals surface area contributed by atoms with Gasteiger partial charge in [-0.05, 0) is 25.1 Å². The van der Waals surface area contributed by atoms with Crippen LogP contribution in [0.1, 0.15) is 6.42 Å². The number of hydrogen-bond donors (Lipinski definition) is 1. The van der Waals surface area contributed by atoms with E-state index < -0.39 is 0 Å². The Labute approximate surface area is 92.9 Å². The molecule has 3 rings (SSSR count). The number of nitrogens with one attached hydrogen (secondary N) is 1. The van der Waals surface area contributed by atoms with Gasteiger partial charge in [-0.15, -0.1) is 11.3 Å². The van der Waals surface area contributed by atoms with Gasteiger partial charge in [0.15, 0.2) is 0 Å². The van der Waals surface area contributed by atoms with E-state index in [-0.39, 0.29) is 0 Å². The third-order valence-corrected chi connectivity index (χ3v) is 3.70. The number of hydrogen-bond acceptors (Lipinski definition) is 3. The normalized spacial score (nSPS) is 20.9. The Balaban J connectivity index is 1.90. The van der Waals surface area contributed by atoms with Gasteiger partial charge in [-0.1, -0.05) is 12.1 Å². The highest BCUT2D eigenvalue weighted by molar-refractivity contribution is 7.17. The maximum atomic E-state index is 5.98. The molecule has 0 radical (unpaired) electrons. The van der Waals surface area contributed by atoms with Crippen LogP contribution in [0, 0.1) is 0 Å². The van der Waals surface area contributed by atoms with Crippen molar-refractivity contribution < 1.29 is 4.74 Å². The van der Waals surface area contributed by atoms with Crippen molar-refractivity contribution in [2.24, 2.45) is 0 Å². The first-order valence-electron chi connectivity index (χ1n) is 5.27. The van der Waals surface area contributed by atoms with E-state index in [4.69, 9.17) is 4.74 Å². The lowest BCUT2D eigenvalue weighted by molar-refractivity contribution is 0.227. The van der Waals surface area contributed by atoms with Crippen LogP contribution < -0.4 is 10.1 Å². The second-order valence-corrected chi connectivity index (χ2v) is 4.74. The van der Waals surface area contributed by atoms with Crippen molar-refractivity contribution in [1.29, 1.82) is 0 Å². The zero-order valence-corrected chi connectivity index (χ0v) is 9.22. The first kappa shape index (κ1) is 9.19. The summed E-state index contributed by atoms with van der Waals surface area (Å²) in [6, 6.07) is 8.40. The Kier molecular flexibility index (Phi) is 2.35. The minimum absolute atomic E-state index is 0.350. The molecule has 1 aromatic carbocycles. The van der Waals surface area contributed by atoms with E-state index in [1.165, 1.54) is 10.1 Å². The highest BCUT2D eigenvalue weighted by atomic mass is 32.1. The third-order valence-electron chi connectivity index (χ3n) is 2.75. The zero-order valence-electron chi connectivity index (χ0n) is 8.40. The molecule has 3 heteroatoms. The summed E-state index contributed by atoms with van der Waals surface area (Å²) in [6.07, 6.45) is 1.47. The molecular weight excluding hydrogens is 206 g/mol. The first-order valence-corrected chi connectivity index (χ1v) is 6.15. The van der Waals surface area contributed by atoms with E-state index in [9.17, 15) is 0 Å². The molecule has 78 valence electrons. The van der Waals surface area contributed by atoms with Crippen molar-refractivity contribution in [2.75, 3.05) is 13.1 Å². The van der Waals surface area contributed by atoms with Gasteiger partial charge in [0, 0.05) is 22.0 Å². The largest absolute Gasteiger partial charge is 0.488 e. The molecule has 1 aliphatic heterocycles. The average Bonchev–Trinajstić information content (AvgIpc) is 2.89. The monoisotopic (exact) mass is 219 g/mol. The molecule has 1 aromatic heterocycles. The van der Waals surface area contributed by atoms with Gasteiger partial charge in [0.25, 0.3) is 0 Å². The molecular formula is C12H13NOS. The van der Waals surface area contributed by atoms with Crippen LogP contribution in [0.5, 0.6) is 5.75 Å². The Hall–Kier alpha value is -1.06. The van der Waals surface area contributed by atoms with E-state index in [1.54, 1.807) is 11.3 Å². The minimum Gasteiger partial charge on any atom is -0.488 e. The highest BCUT2D eigenvalue weighted by Crippen LogP contribution is 2.32. The molecule has 0 bridgehead atoms. The molecule has 1 N–H and O–H groups in total. The lowest BCUT2D eigenvalue weighted by atomic mass is 10.2. The fourth-order valence-electron chi connectivity index (χ4n) is 1.95. The second-order valence-electron chi connectivity index (χ2n) is 3.83. The molecule has 0 aliphatic carbocycles. The van der Waals surface area contributed by atoms with Crippen LogP contribution >= 0.6 is 11.3 Å². The van der Waals surface area contributed by atoms with Gasteiger partial charge in [0.1, 0.15) is 11.9 Å². The van der Waals surface area contributed by atoms with Gasteiger partial charge in [-0.2, -0.15) is 0 Å². The van der Waals surface area contributed by atoms with E-state index in [0.29, 0.717) is 6.10 Å². The number of benzene rings is 1. The predicted molar refractivity (Wildman–Crippen MR) is 63.7 cm³/mol. The van der Waals surface area contributed by atoms with Crippen molar-refractivity contribution in [3.05, 3.63) is 29.6 Å². The van der Waals surface area contributed by atoms with Crippen LogP contribution in [-0.4, -0.2) is 19.2 Å². The van der Waals surface area contributed by atoms with Gasteiger partial charge in [0.2, 0.25) is 0 Å². The summed E-state index contributed by atoms with van der Waals surface area (Å²) in [5.41, 5.74) is 0. The van der Waals surface area contributed by atoms with Crippen molar-refractivity contribution in [2.45, 2.75) is 12.5 Å². The quantitative estimate of drug-likeness (QED) is 0.838. The second kappa shape index (κ2) is 3.83. The fourth-order valence-corrected chi connectivity index (χ4v) is 2.82. The predicted octanol–water partition coefficient (Wildman–Crippen LogP) is 2.64. The molecule has 1 aliphatic rings. The molecule has 1 saturated heterocycles. The molecule has 0 saturated carbocycles. The Morgan fingerprint density at radius 1 is 1.33 bits per heavy atom. The molecule has 15 heavy (non-hydrogen) atoms. The van der Waals surface area contributed by atoms with Gasteiger partial charge >= 0.3 is 0 Å². The van der Waals surface area contributed by atoms with Crippen molar-refractivity contribution in [3.8, 4) is 5.75 Å². The van der Waals surface area contributed by atoms with Crippen molar-refractivity contribution in [1.82, 2.24) is 5.32 Å². The number of fused-ring (bicyclic) bond motifs is 1. The molecule has 2 heterocycles. The summed E-state index contributed by atoms with van der Waals surface area (Å²) < 4.78 is 7.28. The standard InChI is InChI=1S/C12H13NOS/c1-2-4-12-10(3-1)11(8-15-12)14-9-5-6-13-7-9/h1-4,8-9,13H,5-7H2. The SMILES string of the molecule is c1ccc2c(OC3CCNC3)csc2c1. The van der Waals surface area contributed by atoms with E-state index >= 15 is 0 Å². The fraction of sp³-hybridized carbons (Fsp3) is 0.333. The summed E-state index contributed by atoms with van der Waals surface area (Å²) in [4.78, 5) is 0. The summed E-state index contributed by atoms with van der Waals surface area (Å²) in [5, 5.41) is 6.67. The maximum absolute atomic E-state index is 5.98. The molecule has 1 unspecified atom stereocenters. The van der Waals surface area contributed by atoms with Crippen LogP contribution in [0.2, 0.25) is 0 Å². The average molecular weight is 219 g/mol. The molecule has 1 atom stereocenters. The Bertz CT molecular complexity index is 459. The van der Waals surface area contributed by atoms with Crippen molar-refractivity contribution >= 4 is 21.4 Å². The van der Waals surface area contributed by atoms with Crippen molar-refractivity contribution in [3.63, 3.8) is 0 Å². The Morgan fingerprint density at radius 3 is 3.13 bits per heavy atom. The summed E-state index contributed by atoms with van der Waals surface area (Å²) in [6.45, 7) is 2.05. The summed E-state index contributed by atoms with van der Waals surface area (Å²) in [5.74, 6) is 1.05. The lowest BCUT2D eigenvalue weighted by Crippen LogP contribution is -2.19. The molecule has 1 fully saturated rings. The number of rotatable bonds is 2. The van der Waals surface area contributed by atoms with Crippen LogP contribution in [0.3, 0.4) is 0 Å². The van der Waals surface area contributed by atoms with Gasteiger partial charge < -0.3 is 10.1 Å². The molecule has 0 amide bonds. The highest BCUT2D eigenvalue weighted by Gasteiger charge is 2.17. The van der Waals surface area contributed by atoms with Gasteiger partial charge in [-0.25, -0.2) is 0 Å². The molecule has 0 spiro atoms. The zero-order chi connectivity index (χ0) is 10.1. The van der Waals surface area contributed by atoms with Crippen LogP contribution in [-0.2, 0) is 0 Å². The third kappa shape index (κ3) is 1.73. The number of thiophene rings is 1. The molecule has 2 aromatic rings. The van der Waals surface area contributed by atoms with E-state index in [1.807, 2.05) is 0 Å².